The highest BCUT2D eigenvalue weighted by atomic mass is 16.1. The van der Waals surface area contributed by atoms with Crippen molar-refractivity contribution in [2.24, 2.45) is 5.73 Å². The van der Waals surface area contributed by atoms with Crippen LogP contribution < -0.4 is 21.7 Å². The van der Waals surface area contributed by atoms with Gasteiger partial charge in [0, 0.05) is 24.0 Å². The minimum Gasteiger partial charge on any atom is -0.365 e. The Labute approximate surface area is 160 Å². The first kappa shape index (κ1) is 16.6. The molecule has 1 aliphatic carbocycles. The number of primary amides is 1. The summed E-state index contributed by atoms with van der Waals surface area (Å²) in [6, 6.07) is 7.76. The lowest BCUT2D eigenvalue weighted by Gasteiger charge is -2.39. The summed E-state index contributed by atoms with van der Waals surface area (Å²) in [5.41, 5.74) is 7.43. The maximum atomic E-state index is 11.8. The summed E-state index contributed by atoms with van der Waals surface area (Å²) in [6.07, 6.45) is 6.97. The summed E-state index contributed by atoms with van der Waals surface area (Å²) >= 11 is 0. The predicted octanol–water partition coefficient (Wildman–Crippen LogP) is 0.816. The second kappa shape index (κ2) is 6.27. The fraction of sp³-hybridized carbons (Fsp3) is 0.278. The average molecular weight is 377 g/mol. The summed E-state index contributed by atoms with van der Waals surface area (Å²) in [5.74, 6) is 0.228. The lowest BCUT2D eigenvalue weighted by molar-refractivity contribution is 0.100. The lowest BCUT2D eigenvalue weighted by Crippen LogP contribution is -2.63. The molecule has 1 aromatic carbocycles. The molecule has 0 bridgehead atoms. The number of hydrogen-bond acceptors (Lipinski definition) is 8. The van der Waals surface area contributed by atoms with Crippen LogP contribution in [0, 0.1) is 0 Å². The number of rotatable bonds is 6. The van der Waals surface area contributed by atoms with Gasteiger partial charge in [0.2, 0.25) is 5.95 Å². The lowest BCUT2D eigenvalue weighted by atomic mass is 9.98. The van der Waals surface area contributed by atoms with Crippen LogP contribution in [0.2, 0.25) is 0 Å². The van der Waals surface area contributed by atoms with E-state index >= 15 is 0 Å². The number of carbonyl (C=O) groups is 1. The molecule has 0 unspecified atom stereocenters. The third-order valence-corrected chi connectivity index (χ3v) is 5.23. The monoisotopic (exact) mass is 377 g/mol. The van der Waals surface area contributed by atoms with Crippen molar-refractivity contribution < 1.29 is 4.79 Å². The molecule has 1 atom stereocenters. The summed E-state index contributed by atoms with van der Waals surface area (Å²) in [5, 5.41) is 18.2. The van der Waals surface area contributed by atoms with Crippen molar-refractivity contribution >= 4 is 23.4 Å². The van der Waals surface area contributed by atoms with E-state index in [-0.39, 0.29) is 11.1 Å². The van der Waals surface area contributed by atoms with Crippen LogP contribution in [0.15, 0.2) is 42.9 Å². The number of aromatic nitrogens is 5. The number of amides is 1. The maximum absolute atomic E-state index is 11.8. The van der Waals surface area contributed by atoms with Gasteiger partial charge in [-0.3, -0.25) is 4.79 Å². The highest BCUT2D eigenvalue weighted by molar-refractivity contribution is 5.98. The van der Waals surface area contributed by atoms with Crippen LogP contribution in [-0.2, 0) is 0 Å². The second-order valence-electron chi connectivity index (χ2n) is 7.05. The molecule has 2 aliphatic rings. The molecule has 1 saturated heterocycles. The van der Waals surface area contributed by atoms with Gasteiger partial charge in [-0.2, -0.15) is 20.0 Å². The normalized spacial score (nSPS) is 19.1. The van der Waals surface area contributed by atoms with Crippen molar-refractivity contribution in [3.63, 3.8) is 0 Å². The van der Waals surface area contributed by atoms with Crippen molar-refractivity contribution in [3.8, 4) is 5.69 Å². The molecule has 28 heavy (non-hydrogen) atoms. The van der Waals surface area contributed by atoms with Gasteiger partial charge in [-0.25, -0.2) is 4.98 Å². The summed E-state index contributed by atoms with van der Waals surface area (Å²) < 4.78 is 0. The SMILES string of the molecule is NC(=O)c1cnc(N[C@H]2CNC23CC3)nc1Nc1cccc(-n2nccn2)c1. The number of nitrogens with one attached hydrogen (secondary N) is 3. The molecule has 3 heterocycles. The quantitative estimate of drug-likeness (QED) is 0.496. The molecule has 10 nitrogen and oxygen atoms in total. The van der Waals surface area contributed by atoms with Crippen LogP contribution in [0.1, 0.15) is 23.2 Å². The van der Waals surface area contributed by atoms with Gasteiger partial charge in [0.15, 0.2) is 0 Å². The van der Waals surface area contributed by atoms with Gasteiger partial charge in [0.25, 0.3) is 5.91 Å². The number of nitrogens with two attached hydrogens (primary N) is 1. The Bertz CT molecular complexity index is 1030. The molecule has 1 saturated carbocycles. The first-order valence-corrected chi connectivity index (χ1v) is 9.05. The van der Waals surface area contributed by atoms with Gasteiger partial charge >= 0.3 is 0 Å². The van der Waals surface area contributed by atoms with Crippen molar-refractivity contribution in [3.05, 3.63) is 48.4 Å². The fourth-order valence-corrected chi connectivity index (χ4v) is 3.42. The van der Waals surface area contributed by atoms with E-state index < -0.39 is 5.91 Å². The zero-order valence-electron chi connectivity index (χ0n) is 15.0. The van der Waals surface area contributed by atoms with Crippen molar-refractivity contribution in [1.82, 2.24) is 30.3 Å². The van der Waals surface area contributed by atoms with Gasteiger partial charge in [-0.05, 0) is 31.0 Å². The van der Waals surface area contributed by atoms with Gasteiger partial charge in [0.1, 0.15) is 11.4 Å². The molecular weight excluding hydrogens is 358 g/mol. The molecule has 142 valence electrons. The first-order chi connectivity index (χ1) is 13.6. The Kier molecular flexibility index (Phi) is 3.72. The molecule has 1 spiro atoms. The highest BCUT2D eigenvalue weighted by Crippen LogP contribution is 2.44. The Morgan fingerprint density at radius 3 is 2.79 bits per heavy atom. The van der Waals surface area contributed by atoms with E-state index in [0.717, 1.165) is 30.8 Å². The van der Waals surface area contributed by atoms with E-state index in [0.29, 0.717) is 17.8 Å². The number of hydrogen-bond donors (Lipinski definition) is 4. The van der Waals surface area contributed by atoms with E-state index in [2.05, 4.69) is 36.1 Å². The van der Waals surface area contributed by atoms with E-state index in [4.69, 9.17) is 5.73 Å². The molecule has 3 aromatic rings. The van der Waals surface area contributed by atoms with Gasteiger partial charge in [0.05, 0.1) is 24.1 Å². The summed E-state index contributed by atoms with van der Waals surface area (Å²) in [6.45, 7) is 0.878. The van der Waals surface area contributed by atoms with Crippen molar-refractivity contribution in [2.75, 3.05) is 17.2 Å². The Hall–Kier alpha value is -3.53. The maximum Gasteiger partial charge on any atom is 0.254 e. The topological polar surface area (TPSA) is 136 Å². The number of nitrogens with zero attached hydrogens (tertiary/aromatic N) is 5. The molecule has 5 N–H and O–H groups in total. The zero-order valence-corrected chi connectivity index (χ0v) is 15.0. The zero-order chi connectivity index (χ0) is 19.1. The number of anilines is 3. The molecule has 1 amide bonds. The minimum absolute atomic E-state index is 0.199. The van der Waals surface area contributed by atoms with E-state index in [1.54, 1.807) is 12.4 Å². The van der Waals surface area contributed by atoms with Gasteiger partial charge in [-0.15, -0.1) is 0 Å². The highest BCUT2D eigenvalue weighted by Gasteiger charge is 2.55. The number of benzene rings is 1. The first-order valence-electron chi connectivity index (χ1n) is 9.05. The van der Waals surface area contributed by atoms with Crippen LogP contribution in [0.25, 0.3) is 5.69 Å². The third-order valence-electron chi connectivity index (χ3n) is 5.23. The van der Waals surface area contributed by atoms with E-state index in [9.17, 15) is 4.79 Å². The molecular formula is C18H19N9O. The van der Waals surface area contributed by atoms with Crippen LogP contribution in [0.4, 0.5) is 17.5 Å². The number of carbonyl (C=O) groups excluding carboxylic acids is 1. The van der Waals surface area contributed by atoms with Crippen LogP contribution >= 0.6 is 0 Å². The molecule has 5 rings (SSSR count). The van der Waals surface area contributed by atoms with Crippen LogP contribution in [0.3, 0.4) is 0 Å². The molecule has 2 aromatic heterocycles. The molecule has 10 heteroatoms. The summed E-state index contributed by atoms with van der Waals surface area (Å²) in [7, 11) is 0. The summed E-state index contributed by atoms with van der Waals surface area (Å²) in [4.78, 5) is 22.1. The average Bonchev–Trinajstić information content (AvgIpc) is 3.35. The van der Waals surface area contributed by atoms with Gasteiger partial charge < -0.3 is 21.7 Å². The molecule has 0 radical (unpaired) electrons. The predicted molar refractivity (Wildman–Crippen MR) is 103 cm³/mol. The van der Waals surface area contributed by atoms with Gasteiger partial charge in [-0.1, -0.05) is 6.07 Å². The molecule has 1 aliphatic heterocycles. The van der Waals surface area contributed by atoms with Crippen molar-refractivity contribution in [1.29, 1.82) is 0 Å². The minimum atomic E-state index is -0.595. The Morgan fingerprint density at radius 2 is 2.11 bits per heavy atom. The second-order valence-corrected chi connectivity index (χ2v) is 7.05. The standard InChI is InChI=1S/C18H19N9O/c19-15(28)13-9-20-17(25-14-10-21-18(14)4-5-18)26-16(13)24-11-2-1-3-12(8-11)27-22-6-7-23-27/h1-3,6-9,14,21H,4-5,10H2,(H2,19,28)(H2,20,24,25,26)/t14-/m0/s1. The van der Waals surface area contributed by atoms with Crippen LogP contribution in [-0.4, -0.2) is 49.0 Å². The van der Waals surface area contributed by atoms with Crippen LogP contribution in [0.5, 0.6) is 0 Å². The Morgan fingerprint density at radius 1 is 1.29 bits per heavy atom. The van der Waals surface area contributed by atoms with E-state index in [1.165, 1.54) is 11.0 Å². The fourth-order valence-electron chi connectivity index (χ4n) is 3.42. The van der Waals surface area contributed by atoms with Crippen molar-refractivity contribution in [2.45, 2.75) is 24.4 Å². The molecule has 2 fully saturated rings. The van der Waals surface area contributed by atoms with E-state index in [1.807, 2.05) is 24.3 Å². The Balaban J connectivity index is 1.42. The third kappa shape index (κ3) is 2.93. The largest absolute Gasteiger partial charge is 0.365 e. The smallest absolute Gasteiger partial charge is 0.254 e.